The third kappa shape index (κ3) is 3.56. The topological polar surface area (TPSA) is 96.0 Å². The summed E-state index contributed by atoms with van der Waals surface area (Å²) in [5.74, 6) is -0.671. The molecule has 26 heavy (non-hydrogen) atoms. The van der Waals surface area contributed by atoms with Gasteiger partial charge in [0.05, 0.1) is 33.3 Å². The maximum Gasteiger partial charge on any atom is 0.338 e. The van der Waals surface area contributed by atoms with Crippen molar-refractivity contribution in [3.05, 3.63) is 68.1 Å². The highest BCUT2D eigenvalue weighted by Crippen LogP contribution is 2.28. The number of ether oxygens (including phenoxy) is 2. The van der Waals surface area contributed by atoms with E-state index in [0.717, 1.165) is 6.07 Å². The van der Waals surface area contributed by atoms with Crippen molar-refractivity contribution >= 4 is 40.5 Å². The number of carbonyl (C=O) groups is 1. The Labute approximate surface area is 157 Å². The molecule has 2 aromatic heterocycles. The maximum absolute atomic E-state index is 12.2. The first-order chi connectivity index (χ1) is 12.4. The van der Waals surface area contributed by atoms with E-state index in [1.54, 1.807) is 22.9 Å². The van der Waals surface area contributed by atoms with Crippen LogP contribution in [0.2, 0.25) is 10.0 Å². The van der Waals surface area contributed by atoms with Crippen molar-refractivity contribution in [2.75, 3.05) is 7.11 Å². The maximum atomic E-state index is 12.2. The Kier molecular flexibility index (Phi) is 4.97. The van der Waals surface area contributed by atoms with E-state index in [0.29, 0.717) is 21.4 Å². The molecular weight excluding hydrogens is 385 g/mol. The molecule has 3 rings (SSSR count). The minimum Gasteiger partial charge on any atom is -0.490 e. The molecule has 10 heteroatoms. The Morgan fingerprint density at radius 3 is 2.77 bits per heavy atom. The van der Waals surface area contributed by atoms with Crippen LogP contribution in [0.1, 0.15) is 16.1 Å². The zero-order valence-corrected chi connectivity index (χ0v) is 14.8. The number of benzene rings is 1. The van der Waals surface area contributed by atoms with E-state index in [1.165, 1.54) is 19.2 Å². The minimum absolute atomic E-state index is 0.0299. The molecule has 1 aromatic carbocycles. The van der Waals surface area contributed by atoms with Gasteiger partial charge in [-0.25, -0.2) is 9.78 Å². The van der Waals surface area contributed by atoms with Gasteiger partial charge in [-0.3, -0.25) is 10.1 Å². The van der Waals surface area contributed by atoms with Gasteiger partial charge in [-0.2, -0.15) is 0 Å². The predicted molar refractivity (Wildman–Crippen MR) is 94.0 cm³/mol. The number of halogens is 2. The molecule has 0 bridgehead atoms. The highest BCUT2D eigenvalue weighted by molar-refractivity contribution is 6.36. The Hall–Kier alpha value is -2.84. The highest BCUT2D eigenvalue weighted by atomic mass is 35.5. The van der Waals surface area contributed by atoms with Gasteiger partial charge in [0.2, 0.25) is 0 Å². The summed E-state index contributed by atoms with van der Waals surface area (Å²) in [5, 5.41) is 11.8. The van der Waals surface area contributed by atoms with E-state index in [2.05, 4.69) is 4.98 Å². The smallest absolute Gasteiger partial charge is 0.338 e. The average Bonchev–Trinajstić information content (AvgIpc) is 3.02. The van der Waals surface area contributed by atoms with E-state index in [9.17, 15) is 14.9 Å². The fourth-order valence-corrected chi connectivity index (χ4v) is 2.85. The van der Waals surface area contributed by atoms with Crippen LogP contribution in [0.5, 0.6) is 5.75 Å². The number of fused-ring (bicyclic) bond motifs is 1. The van der Waals surface area contributed by atoms with Gasteiger partial charge in [-0.15, -0.1) is 0 Å². The van der Waals surface area contributed by atoms with Crippen LogP contribution >= 0.6 is 23.2 Å². The van der Waals surface area contributed by atoms with Gasteiger partial charge in [-0.1, -0.05) is 23.2 Å². The second-order valence-corrected chi connectivity index (χ2v) is 6.03. The van der Waals surface area contributed by atoms with Crippen LogP contribution < -0.4 is 4.74 Å². The molecule has 0 aliphatic heterocycles. The second kappa shape index (κ2) is 7.19. The first kappa shape index (κ1) is 18.0. The Balaban J connectivity index is 1.78. The lowest BCUT2D eigenvalue weighted by Crippen LogP contribution is -2.06. The van der Waals surface area contributed by atoms with E-state index in [1.807, 2.05) is 0 Å². The highest BCUT2D eigenvalue weighted by Gasteiger charge is 2.19. The van der Waals surface area contributed by atoms with E-state index < -0.39 is 10.9 Å². The summed E-state index contributed by atoms with van der Waals surface area (Å²) >= 11 is 12.0. The van der Waals surface area contributed by atoms with Crippen molar-refractivity contribution in [3.8, 4) is 5.75 Å². The molecular formula is C16H11Cl2N3O5. The molecule has 0 aliphatic rings. The van der Waals surface area contributed by atoms with Crippen LogP contribution in [0.15, 0.2) is 36.7 Å². The van der Waals surface area contributed by atoms with E-state index in [4.69, 9.17) is 32.7 Å². The summed E-state index contributed by atoms with van der Waals surface area (Å²) in [6.07, 6.45) is 3.24. The summed E-state index contributed by atoms with van der Waals surface area (Å²) < 4.78 is 11.7. The van der Waals surface area contributed by atoms with Crippen molar-refractivity contribution in [2.24, 2.45) is 0 Å². The monoisotopic (exact) mass is 395 g/mol. The van der Waals surface area contributed by atoms with Crippen molar-refractivity contribution in [1.29, 1.82) is 0 Å². The second-order valence-electron chi connectivity index (χ2n) is 5.19. The third-order valence-electron chi connectivity index (χ3n) is 3.49. The Morgan fingerprint density at radius 2 is 2.08 bits per heavy atom. The number of methoxy groups -OCH3 is 1. The summed E-state index contributed by atoms with van der Waals surface area (Å²) in [6, 6.07) is 5.37. The first-order valence-corrected chi connectivity index (χ1v) is 7.97. The number of nitrogens with zero attached hydrogens (tertiary/aromatic N) is 3. The summed E-state index contributed by atoms with van der Waals surface area (Å²) in [6.45, 7) is -0.131. The van der Waals surface area contributed by atoms with Crippen molar-refractivity contribution in [1.82, 2.24) is 9.38 Å². The van der Waals surface area contributed by atoms with E-state index >= 15 is 0 Å². The van der Waals surface area contributed by atoms with Crippen LogP contribution in [0.4, 0.5) is 5.69 Å². The van der Waals surface area contributed by atoms with Crippen molar-refractivity contribution in [3.63, 3.8) is 0 Å². The van der Waals surface area contributed by atoms with E-state index in [-0.39, 0.29) is 23.6 Å². The molecule has 3 aromatic rings. The number of carbonyl (C=O) groups excluding carboxylic acids is 1. The van der Waals surface area contributed by atoms with Gasteiger partial charge in [-0.05, 0) is 18.2 Å². The van der Waals surface area contributed by atoms with Gasteiger partial charge >= 0.3 is 11.7 Å². The molecule has 0 atom stereocenters. The molecule has 8 nitrogen and oxygen atoms in total. The molecule has 2 heterocycles. The molecule has 0 saturated heterocycles. The van der Waals surface area contributed by atoms with Crippen LogP contribution in [0.3, 0.4) is 0 Å². The average molecular weight is 396 g/mol. The lowest BCUT2D eigenvalue weighted by Gasteiger charge is -2.05. The van der Waals surface area contributed by atoms with Gasteiger partial charge in [0, 0.05) is 18.5 Å². The number of esters is 1. The number of imidazole rings is 1. The largest absolute Gasteiger partial charge is 0.490 e. The minimum atomic E-state index is -0.725. The number of hydrogen-bond donors (Lipinski definition) is 0. The number of nitro groups is 1. The third-order valence-corrected chi connectivity index (χ3v) is 3.97. The zero-order chi connectivity index (χ0) is 18.8. The zero-order valence-electron chi connectivity index (χ0n) is 13.3. The fourth-order valence-electron chi connectivity index (χ4n) is 2.33. The molecule has 0 aliphatic carbocycles. The predicted octanol–water partition coefficient (Wildman–Crippen LogP) is 3.91. The molecule has 0 fully saturated rings. The summed E-state index contributed by atoms with van der Waals surface area (Å²) in [7, 11) is 1.31. The summed E-state index contributed by atoms with van der Waals surface area (Å²) in [5.41, 5.74) is 0.631. The molecule has 0 unspecified atom stereocenters. The molecule has 0 amide bonds. The van der Waals surface area contributed by atoms with Crippen molar-refractivity contribution in [2.45, 2.75) is 6.61 Å². The van der Waals surface area contributed by atoms with Crippen molar-refractivity contribution < 1.29 is 19.2 Å². The SMILES string of the molecule is COc1ccc(C(=O)OCc2cn3cc(Cl)cc(Cl)c3n2)cc1[N+](=O)[O-]. The Bertz CT molecular complexity index is 1020. The standard InChI is InChI=1S/C16H11Cl2N3O5/c1-25-14-3-2-9(4-13(14)21(23)24)16(22)26-8-11-7-20-6-10(17)5-12(18)15(20)19-11/h2-7H,8H2,1H3. The Morgan fingerprint density at radius 1 is 1.31 bits per heavy atom. The normalized spacial score (nSPS) is 10.7. The van der Waals surface area contributed by atoms with Crippen LogP contribution in [-0.2, 0) is 11.3 Å². The van der Waals surface area contributed by atoms with Crippen LogP contribution in [-0.4, -0.2) is 27.4 Å². The molecule has 0 saturated carbocycles. The van der Waals surface area contributed by atoms with Crippen LogP contribution in [0, 0.1) is 10.1 Å². The number of rotatable bonds is 5. The molecule has 0 spiro atoms. The van der Waals surface area contributed by atoms with Gasteiger partial charge in [0.15, 0.2) is 11.4 Å². The fraction of sp³-hybridized carbons (Fsp3) is 0.125. The quantitative estimate of drug-likeness (QED) is 0.369. The lowest BCUT2D eigenvalue weighted by atomic mass is 10.2. The van der Waals surface area contributed by atoms with Gasteiger partial charge in [0.1, 0.15) is 6.61 Å². The molecule has 0 radical (unpaired) electrons. The number of pyridine rings is 1. The first-order valence-electron chi connectivity index (χ1n) is 7.21. The van der Waals surface area contributed by atoms with Crippen LogP contribution in [0.25, 0.3) is 5.65 Å². The van der Waals surface area contributed by atoms with Gasteiger partial charge in [0.25, 0.3) is 0 Å². The molecule has 0 N–H and O–H groups in total. The lowest BCUT2D eigenvalue weighted by molar-refractivity contribution is -0.385. The van der Waals surface area contributed by atoms with Gasteiger partial charge < -0.3 is 13.9 Å². The number of nitro benzene ring substituents is 1. The summed E-state index contributed by atoms with van der Waals surface area (Å²) in [4.78, 5) is 26.8. The number of hydrogen-bond acceptors (Lipinski definition) is 6. The number of aromatic nitrogens is 2. The molecule has 134 valence electrons.